The second-order valence-electron chi connectivity index (χ2n) is 6.04. The number of hydrogen-bond donors (Lipinski definition) is 2. The van der Waals surface area contributed by atoms with Crippen LogP contribution in [0.5, 0.6) is 0 Å². The van der Waals surface area contributed by atoms with E-state index < -0.39 is 0 Å². The Hall–Kier alpha value is -0.610. The van der Waals surface area contributed by atoms with Crippen LogP contribution in [0.2, 0.25) is 0 Å². The number of ether oxygens (including phenoxy) is 1. The molecule has 0 radical (unpaired) electrons. The van der Waals surface area contributed by atoms with Gasteiger partial charge in [0.25, 0.3) is 0 Å². The van der Waals surface area contributed by atoms with Crippen molar-refractivity contribution in [1.82, 2.24) is 5.32 Å². The minimum Gasteiger partial charge on any atom is -0.378 e. The van der Waals surface area contributed by atoms with Crippen LogP contribution in [0.25, 0.3) is 0 Å². The number of rotatable bonds is 8. The van der Waals surface area contributed by atoms with E-state index in [2.05, 4.69) is 19.2 Å². The van der Waals surface area contributed by atoms with Crippen molar-refractivity contribution in [3.05, 3.63) is 0 Å². The summed E-state index contributed by atoms with van der Waals surface area (Å²) in [5.74, 6) is 0.754. The molecule has 0 aliphatic heterocycles. The predicted octanol–water partition coefficient (Wildman–Crippen LogP) is 2.22. The van der Waals surface area contributed by atoms with E-state index in [-0.39, 0.29) is 5.91 Å². The van der Waals surface area contributed by atoms with Gasteiger partial charge in [0.15, 0.2) is 0 Å². The molecule has 0 heterocycles. The maximum absolute atomic E-state index is 11.5. The zero-order valence-electron chi connectivity index (χ0n) is 12.5. The first-order valence-electron chi connectivity index (χ1n) is 7.71. The molecule has 1 rings (SSSR count). The van der Waals surface area contributed by atoms with Crippen molar-refractivity contribution in [3.8, 4) is 0 Å². The van der Waals surface area contributed by atoms with Gasteiger partial charge >= 0.3 is 0 Å². The van der Waals surface area contributed by atoms with Crippen LogP contribution >= 0.6 is 0 Å². The normalized spacial score (nSPS) is 23.6. The average molecular weight is 270 g/mol. The molecular weight excluding hydrogens is 240 g/mol. The smallest absolute Gasteiger partial charge is 0.220 e. The lowest BCUT2D eigenvalue weighted by molar-refractivity contribution is -0.121. The molecule has 0 aromatic rings. The lowest BCUT2D eigenvalue weighted by atomic mass is 9.94. The summed E-state index contributed by atoms with van der Waals surface area (Å²) < 4.78 is 5.80. The van der Waals surface area contributed by atoms with Crippen LogP contribution in [0.4, 0.5) is 0 Å². The van der Waals surface area contributed by atoms with Crippen LogP contribution in [0.15, 0.2) is 0 Å². The van der Waals surface area contributed by atoms with Crippen molar-refractivity contribution in [2.24, 2.45) is 11.7 Å². The molecule has 19 heavy (non-hydrogen) atoms. The van der Waals surface area contributed by atoms with Crippen LogP contribution < -0.4 is 11.1 Å². The van der Waals surface area contributed by atoms with Gasteiger partial charge in [-0.3, -0.25) is 4.79 Å². The second kappa shape index (κ2) is 9.32. The molecule has 1 fully saturated rings. The van der Waals surface area contributed by atoms with Gasteiger partial charge < -0.3 is 15.8 Å². The van der Waals surface area contributed by atoms with Crippen LogP contribution in [-0.4, -0.2) is 31.2 Å². The van der Waals surface area contributed by atoms with Gasteiger partial charge in [-0.05, 0) is 44.4 Å². The number of nitrogens with two attached hydrogens (primary N) is 1. The van der Waals surface area contributed by atoms with E-state index in [0.717, 1.165) is 51.7 Å². The lowest BCUT2D eigenvalue weighted by Crippen LogP contribution is -2.31. The largest absolute Gasteiger partial charge is 0.378 e. The third kappa shape index (κ3) is 8.22. The van der Waals surface area contributed by atoms with Crippen molar-refractivity contribution in [1.29, 1.82) is 0 Å². The number of hydrogen-bond acceptors (Lipinski definition) is 3. The third-order valence-electron chi connectivity index (χ3n) is 3.66. The Kier molecular flexibility index (Phi) is 8.07. The molecule has 3 N–H and O–H groups in total. The fraction of sp³-hybridized carbons (Fsp3) is 0.933. The third-order valence-corrected chi connectivity index (χ3v) is 3.66. The van der Waals surface area contributed by atoms with Gasteiger partial charge in [0.2, 0.25) is 5.91 Å². The van der Waals surface area contributed by atoms with Crippen molar-refractivity contribution in [2.45, 2.75) is 70.9 Å². The fourth-order valence-electron chi connectivity index (χ4n) is 2.31. The summed E-state index contributed by atoms with van der Waals surface area (Å²) in [5, 5.41) is 2.94. The molecule has 112 valence electrons. The first-order chi connectivity index (χ1) is 9.08. The molecule has 4 heteroatoms. The van der Waals surface area contributed by atoms with Gasteiger partial charge in [-0.1, -0.05) is 13.8 Å². The maximum atomic E-state index is 11.5. The Morgan fingerprint density at radius 2 is 2.00 bits per heavy atom. The van der Waals surface area contributed by atoms with Crippen molar-refractivity contribution < 1.29 is 9.53 Å². The highest BCUT2D eigenvalue weighted by atomic mass is 16.5. The fourth-order valence-corrected chi connectivity index (χ4v) is 2.31. The Balaban J connectivity index is 1.92. The van der Waals surface area contributed by atoms with Crippen molar-refractivity contribution >= 4 is 5.91 Å². The van der Waals surface area contributed by atoms with Crippen LogP contribution in [-0.2, 0) is 9.53 Å². The van der Waals surface area contributed by atoms with Gasteiger partial charge in [0, 0.05) is 25.6 Å². The molecule has 0 atom stereocenters. The van der Waals surface area contributed by atoms with Gasteiger partial charge in [-0.25, -0.2) is 0 Å². The van der Waals surface area contributed by atoms with Gasteiger partial charge in [0.05, 0.1) is 6.10 Å². The molecule has 0 unspecified atom stereocenters. The summed E-state index contributed by atoms with van der Waals surface area (Å²) in [5.41, 5.74) is 5.85. The Labute approximate surface area is 117 Å². The molecule has 0 spiro atoms. The molecule has 0 aromatic carbocycles. The van der Waals surface area contributed by atoms with E-state index in [1.807, 2.05) is 0 Å². The summed E-state index contributed by atoms with van der Waals surface area (Å²) >= 11 is 0. The minimum atomic E-state index is 0.164. The molecule has 0 bridgehead atoms. The lowest BCUT2D eigenvalue weighted by Gasteiger charge is -2.26. The zero-order chi connectivity index (χ0) is 14.1. The number of carbonyl (C=O) groups is 1. The number of carbonyl (C=O) groups excluding carboxylic acids is 1. The van der Waals surface area contributed by atoms with Crippen LogP contribution in [0.1, 0.15) is 58.8 Å². The quantitative estimate of drug-likeness (QED) is 0.665. The van der Waals surface area contributed by atoms with Crippen LogP contribution in [0.3, 0.4) is 0 Å². The number of amides is 1. The zero-order valence-corrected chi connectivity index (χ0v) is 12.5. The Morgan fingerprint density at radius 1 is 1.32 bits per heavy atom. The Morgan fingerprint density at radius 3 is 2.63 bits per heavy atom. The monoisotopic (exact) mass is 270 g/mol. The van der Waals surface area contributed by atoms with E-state index in [9.17, 15) is 4.79 Å². The van der Waals surface area contributed by atoms with E-state index in [4.69, 9.17) is 10.5 Å². The SMILES string of the molecule is CC(C)CCC(=O)NCCCOC1CCC(N)CC1. The molecule has 1 aliphatic carbocycles. The standard InChI is InChI=1S/C15H30N2O2/c1-12(2)4-9-15(18)17-10-3-11-19-14-7-5-13(16)6-8-14/h12-14H,3-11,16H2,1-2H3,(H,17,18). The molecule has 1 saturated carbocycles. The average Bonchev–Trinajstić information content (AvgIpc) is 2.38. The molecule has 4 nitrogen and oxygen atoms in total. The first-order valence-corrected chi connectivity index (χ1v) is 7.71. The molecule has 0 saturated heterocycles. The van der Waals surface area contributed by atoms with E-state index in [1.54, 1.807) is 0 Å². The summed E-state index contributed by atoms with van der Waals surface area (Å²) in [6.45, 7) is 5.74. The topological polar surface area (TPSA) is 64.3 Å². The van der Waals surface area contributed by atoms with Crippen LogP contribution in [0, 0.1) is 5.92 Å². The van der Waals surface area contributed by atoms with Gasteiger partial charge in [-0.15, -0.1) is 0 Å². The van der Waals surface area contributed by atoms with Crippen molar-refractivity contribution in [3.63, 3.8) is 0 Å². The maximum Gasteiger partial charge on any atom is 0.220 e. The second-order valence-corrected chi connectivity index (χ2v) is 6.04. The number of nitrogens with one attached hydrogen (secondary N) is 1. The minimum absolute atomic E-state index is 0.164. The Bertz CT molecular complexity index is 249. The highest BCUT2D eigenvalue weighted by molar-refractivity contribution is 5.75. The predicted molar refractivity (Wildman–Crippen MR) is 77.9 cm³/mol. The molecule has 1 aliphatic rings. The molecule has 0 aromatic heterocycles. The highest BCUT2D eigenvalue weighted by Gasteiger charge is 2.18. The molecule has 1 amide bonds. The van der Waals surface area contributed by atoms with E-state index >= 15 is 0 Å². The molecular formula is C15H30N2O2. The highest BCUT2D eigenvalue weighted by Crippen LogP contribution is 2.19. The first kappa shape index (κ1) is 16.4. The van der Waals surface area contributed by atoms with Gasteiger partial charge in [-0.2, -0.15) is 0 Å². The summed E-state index contributed by atoms with van der Waals surface area (Å²) in [6, 6.07) is 0.375. The summed E-state index contributed by atoms with van der Waals surface area (Å²) in [6.07, 6.45) is 7.22. The van der Waals surface area contributed by atoms with E-state index in [0.29, 0.717) is 24.5 Å². The summed E-state index contributed by atoms with van der Waals surface area (Å²) in [4.78, 5) is 11.5. The van der Waals surface area contributed by atoms with Crippen molar-refractivity contribution in [2.75, 3.05) is 13.2 Å². The summed E-state index contributed by atoms with van der Waals surface area (Å²) in [7, 11) is 0. The van der Waals surface area contributed by atoms with E-state index in [1.165, 1.54) is 0 Å². The van der Waals surface area contributed by atoms with Gasteiger partial charge in [0.1, 0.15) is 0 Å².